The average Bonchev–Trinajstić information content (AvgIpc) is 2.28. The zero-order valence-electron chi connectivity index (χ0n) is 11.2. The average molecular weight is 225 g/mol. The summed E-state index contributed by atoms with van der Waals surface area (Å²) in [4.78, 5) is 0. The van der Waals surface area contributed by atoms with Crippen LogP contribution in [-0.2, 0) is 0 Å². The van der Waals surface area contributed by atoms with Crippen LogP contribution in [0.2, 0.25) is 0 Å². The van der Waals surface area contributed by atoms with Crippen molar-refractivity contribution >= 4 is 0 Å². The van der Waals surface area contributed by atoms with Crippen LogP contribution in [-0.4, -0.2) is 0 Å². The minimum Gasteiger partial charge on any atom is -0.405 e. The fourth-order valence-corrected chi connectivity index (χ4v) is 1.60. The second-order valence-electron chi connectivity index (χ2n) is 4.14. The lowest BCUT2D eigenvalue weighted by Crippen LogP contribution is -1.80. The van der Waals surface area contributed by atoms with Crippen LogP contribution in [0.25, 0.3) is 0 Å². The summed E-state index contributed by atoms with van der Waals surface area (Å²) in [7, 11) is 0. The Morgan fingerprint density at radius 3 is 1.56 bits per heavy atom. The highest BCUT2D eigenvalue weighted by Crippen LogP contribution is 2.10. The van der Waals surface area contributed by atoms with E-state index in [1.807, 2.05) is 6.08 Å². The Morgan fingerprint density at radius 1 is 0.812 bits per heavy atom. The molecule has 0 spiro atoms. The summed E-state index contributed by atoms with van der Waals surface area (Å²) in [5.74, 6) is 0. The summed E-state index contributed by atoms with van der Waals surface area (Å²) in [6.45, 7) is 9.14. The van der Waals surface area contributed by atoms with E-state index in [1.165, 1.54) is 70.4 Å². The van der Waals surface area contributed by atoms with Gasteiger partial charge in [0.05, 0.1) is 0 Å². The molecule has 16 heavy (non-hydrogen) atoms. The van der Waals surface area contributed by atoms with Crippen molar-refractivity contribution in [1.82, 2.24) is 0 Å². The van der Waals surface area contributed by atoms with Gasteiger partial charge < -0.3 is 5.73 Å². The first-order valence-electron chi connectivity index (χ1n) is 6.77. The van der Waals surface area contributed by atoms with Gasteiger partial charge in [0.25, 0.3) is 0 Å². The van der Waals surface area contributed by atoms with Crippen LogP contribution in [0.1, 0.15) is 71.1 Å². The van der Waals surface area contributed by atoms with E-state index in [0.29, 0.717) is 0 Å². The van der Waals surface area contributed by atoms with E-state index in [0.717, 1.165) is 0 Å². The van der Waals surface area contributed by atoms with Crippen molar-refractivity contribution in [3.63, 3.8) is 0 Å². The predicted molar refractivity (Wildman–Crippen MR) is 76.4 cm³/mol. The molecule has 0 radical (unpaired) electrons. The highest BCUT2D eigenvalue weighted by Gasteiger charge is 1.90. The van der Waals surface area contributed by atoms with Crippen molar-refractivity contribution in [3.05, 3.63) is 25.4 Å². The molecule has 1 heteroatoms. The summed E-state index contributed by atoms with van der Waals surface area (Å²) in [5.41, 5.74) is 4.61. The quantitative estimate of drug-likeness (QED) is 0.402. The highest BCUT2D eigenvalue weighted by atomic mass is 14.5. The first-order valence-corrected chi connectivity index (χ1v) is 6.77. The molecule has 0 heterocycles. The third-order valence-electron chi connectivity index (χ3n) is 2.51. The number of allylic oxidation sites excluding steroid dienone is 1. The molecule has 2 N–H and O–H groups in total. The largest absolute Gasteiger partial charge is 0.405 e. The van der Waals surface area contributed by atoms with Gasteiger partial charge in [0, 0.05) is 0 Å². The molecule has 0 aromatic rings. The second kappa shape index (κ2) is 19.8. The Bertz CT molecular complexity index is 129. The van der Waals surface area contributed by atoms with Crippen molar-refractivity contribution in [2.75, 3.05) is 0 Å². The first-order chi connectivity index (χ1) is 7.83. The molecule has 1 nitrogen and oxygen atoms in total. The first kappa shape index (κ1) is 17.7. The molecule has 96 valence electrons. The summed E-state index contributed by atoms with van der Waals surface area (Å²) in [6.07, 6.45) is 17.2. The summed E-state index contributed by atoms with van der Waals surface area (Å²) in [6, 6.07) is 0. The zero-order valence-corrected chi connectivity index (χ0v) is 11.2. The molecular formula is C15H31N. The Kier molecular flexibility index (Phi) is 21.9. The maximum Gasteiger partial charge on any atom is -0.0136 e. The molecule has 0 saturated carbocycles. The molecule has 0 aromatic carbocycles. The molecular weight excluding hydrogens is 194 g/mol. The van der Waals surface area contributed by atoms with Crippen LogP contribution < -0.4 is 5.73 Å². The highest BCUT2D eigenvalue weighted by molar-refractivity contribution is 4.65. The van der Waals surface area contributed by atoms with E-state index in [4.69, 9.17) is 0 Å². The van der Waals surface area contributed by atoms with Gasteiger partial charge in [0.1, 0.15) is 0 Å². The third kappa shape index (κ3) is 23.3. The number of unbranched alkanes of at least 4 members (excludes halogenated alkanes) is 9. The lowest BCUT2D eigenvalue weighted by atomic mass is 10.1. The number of hydrogen-bond acceptors (Lipinski definition) is 1. The predicted octanol–water partition coefficient (Wildman–Crippen LogP) is 5.18. The van der Waals surface area contributed by atoms with E-state index >= 15 is 0 Å². The second-order valence-corrected chi connectivity index (χ2v) is 4.14. The van der Waals surface area contributed by atoms with Crippen molar-refractivity contribution < 1.29 is 0 Å². The molecule has 0 atom stereocenters. The summed E-state index contributed by atoms with van der Waals surface area (Å²) < 4.78 is 0. The minimum absolute atomic E-state index is 1.20. The summed E-state index contributed by atoms with van der Waals surface area (Å²) in [5, 5.41) is 0. The standard InChI is InChI=1S/C13H26.C2H5N/c1-3-5-7-9-11-13-12-10-8-6-4-2;1-2-3/h3H,1,4-13H2,2H3;2H,1,3H2. The fraction of sp³-hybridized carbons (Fsp3) is 0.733. The molecule has 0 aromatic heterocycles. The van der Waals surface area contributed by atoms with Crippen LogP contribution in [0, 0.1) is 0 Å². The van der Waals surface area contributed by atoms with Crippen molar-refractivity contribution in [2.45, 2.75) is 71.1 Å². The van der Waals surface area contributed by atoms with Gasteiger partial charge in [0.2, 0.25) is 0 Å². The topological polar surface area (TPSA) is 26.0 Å². The van der Waals surface area contributed by atoms with Gasteiger partial charge >= 0.3 is 0 Å². The van der Waals surface area contributed by atoms with Gasteiger partial charge in [-0.3, -0.25) is 0 Å². The smallest absolute Gasteiger partial charge is 0.0136 e. The van der Waals surface area contributed by atoms with E-state index < -0.39 is 0 Å². The van der Waals surface area contributed by atoms with Gasteiger partial charge in [0.15, 0.2) is 0 Å². The van der Waals surface area contributed by atoms with Crippen LogP contribution in [0.5, 0.6) is 0 Å². The van der Waals surface area contributed by atoms with Crippen LogP contribution in [0.4, 0.5) is 0 Å². The van der Waals surface area contributed by atoms with E-state index in [2.05, 4.69) is 25.8 Å². The van der Waals surface area contributed by atoms with Crippen molar-refractivity contribution in [1.29, 1.82) is 0 Å². The van der Waals surface area contributed by atoms with Gasteiger partial charge in [-0.25, -0.2) is 0 Å². The van der Waals surface area contributed by atoms with Crippen LogP contribution in [0.15, 0.2) is 25.4 Å². The number of hydrogen-bond donors (Lipinski definition) is 1. The number of nitrogens with two attached hydrogens (primary N) is 1. The maximum absolute atomic E-state index is 4.61. The normalized spacial score (nSPS) is 9.06. The van der Waals surface area contributed by atoms with Crippen molar-refractivity contribution in [2.24, 2.45) is 5.73 Å². The molecule has 0 aliphatic rings. The van der Waals surface area contributed by atoms with Gasteiger partial charge in [-0.2, -0.15) is 0 Å². The summed E-state index contributed by atoms with van der Waals surface area (Å²) >= 11 is 0. The lowest BCUT2D eigenvalue weighted by Gasteiger charge is -2.00. The molecule has 0 bridgehead atoms. The Morgan fingerprint density at radius 2 is 1.19 bits per heavy atom. The maximum atomic E-state index is 4.61. The zero-order chi connectivity index (χ0) is 12.5. The molecule has 0 fully saturated rings. The van der Waals surface area contributed by atoms with E-state index in [-0.39, 0.29) is 0 Å². The Labute approximate surface area is 103 Å². The van der Waals surface area contributed by atoms with Crippen LogP contribution in [0.3, 0.4) is 0 Å². The monoisotopic (exact) mass is 225 g/mol. The molecule has 0 saturated heterocycles. The van der Waals surface area contributed by atoms with Crippen molar-refractivity contribution in [3.8, 4) is 0 Å². The van der Waals surface area contributed by atoms with E-state index in [9.17, 15) is 0 Å². The Hall–Kier alpha value is -0.720. The fourth-order valence-electron chi connectivity index (χ4n) is 1.60. The van der Waals surface area contributed by atoms with Gasteiger partial charge in [-0.15, -0.1) is 6.58 Å². The molecule has 0 rings (SSSR count). The number of rotatable bonds is 10. The Balaban J connectivity index is 0. The minimum atomic E-state index is 1.20. The third-order valence-corrected chi connectivity index (χ3v) is 2.51. The molecule has 0 unspecified atom stereocenters. The molecule has 0 amide bonds. The lowest BCUT2D eigenvalue weighted by molar-refractivity contribution is 0.566. The van der Waals surface area contributed by atoms with Crippen LogP contribution >= 0.6 is 0 Å². The molecule has 0 aliphatic carbocycles. The van der Waals surface area contributed by atoms with Gasteiger partial charge in [-0.1, -0.05) is 70.9 Å². The van der Waals surface area contributed by atoms with E-state index in [1.54, 1.807) is 0 Å². The SMILES string of the molecule is C=CCCCCCCCCCCC.C=CN. The molecule has 0 aliphatic heterocycles. The van der Waals surface area contributed by atoms with Gasteiger partial charge in [-0.05, 0) is 19.0 Å².